The van der Waals surface area contributed by atoms with Crippen LogP contribution in [0.2, 0.25) is 0 Å². The summed E-state index contributed by atoms with van der Waals surface area (Å²) in [5.74, 6) is -0.884. The second-order valence-corrected chi connectivity index (χ2v) is 4.65. The summed E-state index contributed by atoms with van der Waals surface area (Å²) >= 11 is 0. The molecule has 1 aliphatic carbocycles. The molecule has 1 N–H and O–H groups in total. The van der Waals surface area contributed by atoms with Crippen molar-refractivity contribution in [2.75, 3.05) is 0 Å². The number of pyridine rings is 1. The van der Waals surface area contributed by atoms with Gasteiger partial charge in [-0.05, 0) is 30.9 Å². The lowest BCUT2D eigenvalue weighted by Gasteiger charge is -2.06. The zero-order chi connectivity index (χ0) is 12.7. The summed E-state index contributed by atoms with van der Waals surface area (Å²) in [6.45, 7) is 0. The fraction of sp³-hybridized carbons (Fsp3) is 0.286. The number of carboxylic acid groups (broad SMARTS) is 1. The average Bonchev–Trinajstić information content (AvgIpc) is 2.57. The van der Waals surface area contributed by atoms with Gasteiger partial charge in [0.25, 0.3) is 0 Å². The van der Waals surface area contributed by atoms with Gasteiger partial charge in [0.1, 0.15) is 0 Å². The maximum absolute atomic E-state index is 11.4. The number of hydrogen-bond acceptors (Lipinski definition) is 2. The Kier molecular flexibility index (Phi) is 2.44. The standard InChI is InChI=1S/C14H14N2O2/c1-16-8-10(14(17)18)12-11(16)6-2-4-9-5-3-7-15-13(9)12/h3,5,7-8H,2,4,6H2,1H3,(H,17,18). The Morgan fingerprint density at radius 2 is 2.28 bits per heavy atom. The summed E-state index contributed by atoms with van der Waals surface area (Å²) in [6, 6.07) is 3.95. The van der Waals surface area contributed by atoms with Crippen molar-refractivity contribution in [3.8, 4) is 11.3 Å². The molecule has 0 unspecified atom stereocenters. The van der Waals surface area contributed by atoms with Crippen molar-refractivity contribution in [1.82, 2.24) is 9.55 Å². The first-order valence-electron chi connectivity index (χ1n) is 6.04. The first-order valence-corrected chi connectivity index (χ1v) is 6.04. The van der Waals surface area contributed by atoms with Gasteiger partial charge in [-0.1, -0.05) is 6.07 Å². The number of nitrogens with zero attached hydrogens (tertiary/aromatic N) is 2. The van der Waals surface area contributed by atoms with E-state index >= 15 is 0 Å². The number of carboxylic acids is 1. The van der Waals surface area contributed by atoms with Crippen LogP contribution in [0.5, 0.6) is 0 Å². The lowest BCUT2D eigenvalue weighted by Crippen LogP contribution is -1.99. The summed E-state index contributed by atoms with van der Waals surface area (Å²) < 4.78 is 1.92. The fourth-order valence-electron chi connectivity index (χ4n) is 2.71. The van der Waals surface area contributed by atoms with Crippen LogP contribution in [0.3, 0.4) is 0 Å². The average molecular weight is 242 g/mol. The minimum absolute atomic E-state index is 0.356. The molecule has 0 saturated carbocycles. The minimum Gasteiger partial charge on any atom is -0.478 e. The van der Waals surface area contributed by atoms with E-state index in [4.69, 9.17) is 0 Å². The molecule has 0 amide bonds. The first-order chi connectivity index (χ1) is 8.68. The highest BCUT2D eigenvalue weighted by molar-refractivity contribution is 5.97. The summed E-state index contributed by atoms with van der Waals surface area (Å²) in [4.78, 5) is 15.8. The van der Waals surface area contributed by atoms with E-state index in [-0.39, 0.29) is 0 Å². The molecule has 1 aliphatic rings. The highest BCUT2D eigenvalue weighted by Gasteiger charge is 2.25. The number of hydrogen-bond donors (Lipinski definition) is 1. The molecule has 2 aromatic rings. The van der Waals surface area contributed by atoms with Gasteiger partial charge in [0.15, 0.2) is 0 Å². The number of fused-ring (bicyclic) bond motifs is 3. The number of aromatic carboxylic acids is 1. The summed E-state index contributed by atoms with van der Waals surface area (Å²) in [6.07, 6.45) is 6.30. The predicted octanol–water partition coefficient (Wildman–Crippen LogP) is 2.27. The van der Waals surface area contributed by atoms with Crippen LogP contribution in [0.1, 0.15) is 28.0 Å². The van der Waals surface area contributed by atoms with Gasteiger partial charge in [-0.25, -0.2) is 4.79 Å². The second kappa shape index (κ2) is 3.98. The molecule has 0 bridgehead atoms. The van der Waals surface area contributed by atoms with Crippen molar-refractivity contribution in [1.29, 1.82) is 0 Å². The van der Waals surface area contributed by atoms with Crippen LogP contribution in [0.15, 0.2) is 24.5 Å². The Labute approximate surface area is 105 Å². The number of rotatable bonds is 1. The van der Waals surface area contributed by atoms with E-state index in [0.29, 0.717) is 5.56 Å². The van der Waals surface area contributed by atoms with Crippen LogP contribution in [0.4, 0.5) is 0 Å². The Balaban J connectivity index is 2.34. The fourth-order valence-corrected chi connectivity index (χ4v) is 2.71. The van der Waals surface area contributed by atoms with Gasteiger partial charge < -0.3 is 9.67 Å². The van der Waals surface area contributed by atoms with E-state index in [1.54, 1.807) is 12.4 Å². The first kappa shape index (κ1) is 11.0. The van der Waals surface area contributed by atoms with E-state index in [9.17, 15) is 9.90 Å². The van der Waals surface area contributed by atoms with Crippen LogP contribution < -0.4 is 0 Å². The van der Waals surface area contributed by atoms with Gasteiger partial charge in [-0.15, -0.1) is 0 Å². The molecule has 92 valence electrons. The summed E-state index contributed by atoms with van der Waals surface area (Å²) in [7, 11) is 1.90. The van der Waals surface area contributed by atoms with Gasteiger partial charge in [-0.2, -0.15) is 0 Å². The molecule has 3 rings (SSSR count). The zero-order valence-corrected chi connectivity index (χ0v) is 10.2. The molecule has 0 atom stereocenters. The molecule has 0 radical (unpaired) electrons. The van der Waals surface area contributed by atoms with E-state index in [1.165, 1.54) is 0 Å². The van der Waals surface area contributed by atoms with Gasteiger partial charge in [0.2, 0.25) is 0 Å². The lowest BCUT2D eigenvalue weighted by atomic mass is 10.0. The molecular weight excluding hydrogens is 228 g/mol. The lowest BCUT2D eigenvalue weighted by molar-refractivity contribution is 0.0697. The third-order valence-corrected chi connectivity index (χ3v) is 3.52. The van der Waals surface area contributed by atoms with Crippen molar-refractivity contribution in [2.24, 2.45) is 7.05 Å². The van der Waals surface area contributed by atoms with Crippen molar-refractivity contribution in [3.63, 3.8) is 0 Å². The predicted molar refractivity (Wildman–Crippen MR) is 67.6 cm³/mol. The van der Waals surface area contributed by atoms with Crippen LogP contribution in [-0.4, -0.2) is 20.6 Å². The topological polar surface area (TPSA) is 55.1 Å². The van der Waals surface area contributed by atoms with E-state index in [2.05, 4.69) is 4.98 Å². The van der Waals surface area contributed by atoms with Crippen molar-refractivity contribution in [2.45, 2.75) is 19.3 Å². The Bertz CT molecular complexity index is 629. The molecule has 0 fully saturated rings. The second-order valence-electron chi connectivity index (χ2n) is 4.65. The smallest absolute Gasteiger partial charge is 0.337 e. The summed E-state index contributed by atoms with van der Waals surface area (Å²) in [5.41, 5.74) is 4.21. The maximum atomic E-state index is 11.4. The molecule has 0 saturated heterocycles. The zero-order valence-electron chi connectivity index (χ0n) is 10.2. The third-order valence-electron chi connectivity index (χ3n) is 3.52. The summed E-state index contributed by atoms with van der Waals surface area (Å²) in [5, 5.41) is 9.33. The van der Waals surface area contributed by atoms with E-state index in [0.717, 1.165) is 41.8 Å². The highest BCUT2D eigenvalue weighted by atomic mass is 16.4. The molecule has 4 heteroatoms. The van der Waals surface area contributed by atoms with E-state index in [1.807, 2.05) is 23.7 Å². The molecule has 4 nitrogen and oxygen atoms in total. The Morgan fingerprint density at radius 3 is 3.06 bits per heavy atom. The van der Waals surface area contributed by atoms with E-state index < -0.39 is 5.97 Å². The molecule has 18 heavy (non-hydrogen) atoms. The quantitative estimate of drug-likeness (QED) is 0.834. The van der Waals surface area contributed by atoms with Crippen molar-refractivity contribution < 1.29 is 9.90 Å². The van der Waals surface area contributed by atoms with Crippen molar-refractivity contribution >= 4 is 5.97 Å². The molecule has 2 heterocycles. The normalized spacial score (nSPS) is 13.6. The largest absolute Gasteiger partial charge is 0.478 e. The Morgan fingerprint density at radius 1 is 1.44 bits per heavy atom. The molecule has 0 aromatic carbocycles. The number of carbonyl (C=O) groups is 1. The van der Waals surface area contributed by atoms with Crippen molar-refractivity contribution in [3.05, 3.63) is 41.3 Å². The van der Waals surface area contributed by atoms with Gasteiger partial charge >= 0.3 is 5.97 Å². The van der Waals surface area contributed by atoms with Crippen LogP contribution in [-0.2, 0) is 19.9 Å². The maximum Gasteiger partial charge on any atom is 0.337 e. The van der Waals surface area contributed by atoms with Crippen LogP contribution >= 0.6 is 0 Å². The van der Waals surface area contributed by atoms with Crippen LogP contribution in [0.25, 0.3) is 11.3 Å². The number of aromatic nitrogens is 2. The number of aryl methyl sites for hydroxylation is 2. The SMILES string of the molecule is Cn1cc(C(=O)O)c2c1CCCc1cccnc1-2. The molecule has 0 spiro atoms. The van der Waals surface area contributed by atoms with Gasteiger partial charge in [0, 0.05) is 30.7 Å². The highest BCUT2D eigenvalue weighted by Crippen LogP contribution is 2.34. The van der Waals surface area contributed by atoms with Gasteiger partial charge in [0.05, 0.1) is 11.3 Å². The molecule has 0 aliphatic heterocycles. The molecule has 2 aromatic heterocycles. The van der Waals surface area contributed by atoms with Crippen LogP contribution in [0, 0.1) is 0 Å². The third kappa shape index (κ3) is 1.53. The minimum atomic E-state index is -0.884. The monoisotopic (exact) mass is 242 g/mol. The van der Waals surface area contributed by atoms with Gasteiger partial charge in [-0.3, -0.25) is 4.98 Å². The molecular formula is C14H14N2O2. The Hall–Kier alpha value is -2.10.